The SMILES string of the molecule is Cc1ccccc1CC(=O)N(Cc1ccccc1)C(Cc1ccccc1)C(=O)NC1CCCCC1. The molecule has 0 aromatic heterocycles. The van der Waals surface area contributed by atoms with E-state index in [-0.39, 0.29) is 24.3 Å². The molecule has 2 amide bonds. The van der Waals surface area contributed by atoms with Crippen molar-refractivity contribution in [2.75, 3.05) is 0 Å². The first kappa shape index (κ1) is 24.7. The molecule has 35 heavy (non-hydrogen) atoms. The fourth-order valence-corrected chi connectivity index (χ4v) is 4.95. The van der Waals surface area contributed by atoms with Crippen LogP contribution in [-0.2, 0) is 29.0 Å². The van der Waals surface area contributed by atoms with Crippen LogP contribution in [0.3, 0.4) is 0 Å². The van der Waals surface area contributed by atoms with E-state index in [1.54, 1.807) is 4.90 Å². The average Bonchev–Trinajstić information content (AvgIpc) is 2.89. The molecule has 1 unspecified atom stereocenters. The van der Waals surface area contributed by atoms with E-state index in [2.05, 4.69) is 5.32 Å². The standard InChI is InChI=1S/C31H36N2O2/c1-24-13-11-12-18-27(24)22-30(34)33(23-26-16-7-3-8-17-26)29(21-25-14-5-2-6-15-25)31(35)32-28-19-9-4-10-20-28/h2-3,5-8,11-18,28-29H,4,9-10,19-23H2,1H3,(H,32,35). The topological polar surface area (TPSA) is 49.4 Å². The first-order valence-corrected chi connectivity index (χ1v) is 12.8. The number of nitrogens with zero attached hydrogens (tertiary/aromatic N) is 1. The van der Waals surface area contributed by atoms with Gasteiger partial charge in [0.1, 0.15) is 6.04 Å². The minimum absolute atomic E-state index is 0.0251. The predicted octanol–water partition coefficient (Wildman–Crippen LogP) is 5.63. The Bertz CT molecular complexity index is 1090. The lowest BCUT2D eigenvalue weighted by atomic mass is 9.94. The molecule has 3 aromatic rings. The second-order valence-electron chi connectivity index (χ2n) is 9.66. The van der Waals surface area contributed by atoms with Gasteiger partial charge in [0, 0.05) is 19.0 Å². The van der Waals surface area contributed by atoms with Crippen molar-refractivity contribution in [1.29, 1.82) is 0 Å². The lowest BCUT2D eigenvalue weighted by Gasteiger charge is -2.33. The third-order valence-corrected chi connectivity index (χ3v) is 7.02. The maximum atomic E-state index is 13.8. The molecule has 1 aliphatic rings. The van der Waals surface area contributed by atoms with Gasteiger partial charge in [0.05, 0.1) is 6.42 Å². The summed E-state index contributed by atoms with van der Waals surface area (Å²) in [5, 5.41) is 3.30. The van der Waals surface area contributed by atoms with Crippen LogP contribution in [0.25, 0.3) is 0 Å². The molecule has 4 nitrogen and oxygen atoms in total. The normalized spacial score (nSPS) is 14.8. The van der Waals surface area contributed by atoms with Crippen molar-refractivity contribution in [1.82, 2.24) is 10.2 Å². The highest BCUT2D eigenvalue weighted by molar-refractivity contribution is 5.89. The summed E-state index contributed by atoms with van der Waals surface area (Å²) in [7, 11) is 0. The number of carbonyl (C=O) groups is 2. The van der Waals surface area contributed by atoms with Crippen LogP contribution in [0.5, 0.6) is 0 Å². The van der Waals surface area contributed by atoms with Crippen molar-refractivity contribution in [3.05, 3.63) is 107 Å². The summed E-state index contributed by atoms with van der Waals surface area (Å²) in [4.78, 5) is 29.4. The number of nitrogens with one attached hydrogen (secondary N) is 1. The summed E-state index contributed by atoms with van der Waals surface area (Å²) in [5.74, 6) is -0.0716. The Morgan fingerprint density at radius 2 is 1.43 bits per heavy atom. The Morgan fingerprint density at radius 3 is 2.09 bits per heavy atom. The van der Waals surface area contributed by atoms with Gasteiger partial charge in [0.15, 0.2) is 0 Å². The van der Waals surface area contributed by atoms with Gasteiger partial charge >= 0.3 is 0 Å². The molecule has 1 fully saturated rings. The highest BCUT2D eigenvalue weighted by atomic mass is 16.2. The first-order chi connectivity index (χ1) is 17.1. The number of hydrogen-bond donors (Lipinski definition) is 1. The molecule has 0 aliphatic heterocycles. The average molecular weight is 469 g/mol. The molecular weight excluding hydrogens is 432 g/mol. The highest BCUT2D eigenvalue weighted by Gasteiger charge is 2.32. The van der Waals surface area contributed by atoms with Crippen molar-refractivity contribution in [2.45, 2.75) is 70.5 Å². The van der Waals surface area contributed by atoms with Gasteiger partial charge in [0.2, 0.25) is 11.8 Å². The minimum atomic E-state index is -0.573. The Kier molecular flexibility index (Phi) is 8.72. The summed E-state index contributed by atoms with van der Waals surface area (Å²) in [5.41, 5.74) is 4.17. The van der Waals surface area contributed by atoms with E-state index in [1.807, 2.05) is 91.9 Å². The molecule has 3 aromatic carbocycles. The zero-order valence-corrected chi connectivity index (χ0v) is 20.7. The van der Waals surface area contributed by atoms with E-state index >= 15 is 0 Å². The molecule has 182 valence electrons. The van der Waals surface area contributed by atoms with E-state index < -0.39 is 6.04 Å². The summed E-state index contributed by atoms with van der Waals surface area (Å²) in [6.45, 7) is 2.43. The van der Waals surface area contributed by atoms with Crippen LogP contribution >= 0.6 is 0 Å². The molecule has 4 heteroatoms. The van der Waals surface area contributed by atoms with Crippen LogP contribution in [0, 0.1) is 6.92 Å². The zero-order valence-electron chi connectivity index (χ0n) is 20.7. The molecule has 0 bridgehead atoms. The Balaban J connectivity index is 1.64. The number of carbonyl (C=O) groups excluding carboxylic acids is 2. The number of benzene rings is 3. The minimum Gasteiger partial charge on any atom is -0.352 e. The summed E-state index contributed by atoms with van der Waals surface area (Å²) in [6.07, 6.45) is 6.32. The number of rotatable bonds is 9. The molecule has 1 atom stereocenters. The van der Waals surface area contributed by atoms with E-state index in [4.69, 9.17) is 0 Å². The monoisotopic (exact) mass is 468 g/mol. The van der Waals surface area contributed by atoms with E-state index in [0.717, 1.165) is 47.9 Å². The lowest BCUT2D eigenvalue weighted by Crippen LogP contribution is -2.53. The molecule has 0 spiro atoms. The number of hydrogen-bond acceptors (Lipinski definition) is 2. The fourth-order valence-electron chi connectivity index (χ4n) is 4.95. The van der Waals surface area contributed by atoms with Gasteiger partial charge in [0.25, 0.3) is 0 Å². The molecule has 0 heterocycles. The Labute approximate surface area is 209 Å². The van der Waals surface area contributed by atoms with Crippen LogP contribution < -0.4 is 5.32 Å². The largest absolute Gasteiger partial charge is 0.352 e. The maximum Gasteiger partial charge on any atom is 0.243 e. The third kappa shape index (κ3) is 7.05. The molecule has 0 radical (unpaired) electrons. The number of aryl methyl sites for hydroxylation is 1. The molecule has 1 saturated carbocycles. The van der Waals surface area contributed by atoms with Crippen molar-refractivity contribution >= 4 is 11.8 Å². The quantitative estimate of drug-likeness (QED) is 0.443. The summed E-state index contributed by atoms with van der Waals surface area (Å²) >= 11 is 0. The fraction of sp³-hybridized carbons (Fsp3) is 0.355. The number of amides is 2. The van der Waals surface area contributed by atoms with Gasteiger partial charge in [-0.25, -0.2) is 0 Å². The van der Waals surface area contributed by atoms with Crippen LogP contribution in [0.1, 0.15) is 54.4 Å². The molecule has 0 saturated heterocycles. The molecule has 4 rings (SSSR count). The van der Waals surface area contributed by atoms with Gasteiger partial charge in [-0.05, 0) is 42.0 Å². The van der Waals surface area contributed by atoms with Crippen molar-refractivity contribution in [3.63, 3.8) is 0 Å². The van der Waals surface area contributed by atoms with Gasteiger partial charge in [-0.15, -0.1) is 0 Å². The van der Waals surface area contributed by atoms with E-state index in [1.165, 1.54) is 6.42 Å². The maximum absolute atomic E-state index is 13.8. The second kappa shape index (κ2) is 12.3. The zero-order chi connectivity index (χ0) is 24.5. The first-order valence-electron chi connectivity index (χ1n) is 12.8. The molecular formula is C31H36N2O2. The van der Waals surface area contributed by atoms with E-state index in [9.17, 15) is 9.59 Å². The summed E-state index contributed by atoms with van der Waals surface area (Å²) < 4.78 is 0. The smallest absolute Gasteiger partial charge is 0.243 e. The van der Waals surface area contributed by atoms with Crippen molar-refractivity contribution in [2.24, 2.45) is 0 Å². The Hall–Kier alpha value is -3.40. The lowest BCUT2D eigenvalue weighted by molar-refractivity contribution is -0.141. The van der Waals surface area contributed by atoms with Crippen LogP contribution in [0.4, 0.5) is 0 Å². The van der Waals surface area contributed by atoms with Gasteiger partial charge in [-0.3, -0.25) is 9.59 Å². The van der Waals surface area contributed by atoms with Crippen molar-refractivity contribution < 1.29 is 9.59 Å². The van der Waals surface area contributed by atoms with Gasteiger partial charge < -0.3 is 10.2 Å². The van der Waals surface area contributed by atoms with Crippen LogP contribution in [0.2, 0.25) is 0 Å². The second-order valence-corrected chi connectivity index (χ2v) is 9.66. The Morgan fingerprint density at radius 1 is 0.829 bits per heavy atom. The molecule has 1 N–H and O–H groups in total. The van der Waals surface area contributed by atoms with Gasteiger partial charge in [-0.2, -0.15) is 0 Å². The predicted molar refractivity (Wildman–Crippen MR) is 141 cm³/mol. The third-order valence-electron chi connectivity index (χ3n) is 7.02. The van der Waals surface area contributed by atoms with Gasteiger partial charge in [-0.1, -0.05) is 104 Å². The highest BCUT2D eigenvalue weighted by Crippen LogP contribution is 2.21. The summed E-state index contributed by atoms with van der Waals surface area (Å²) in [6, 6.07) is 27.6. The molecule has 1 aliphatic carbocycles. The van der Waals surface area contributed by atoms with Crippen LogP contribution in [-0.4, -0.2) is 28.8 Å². The van der Waals surface area contributed by atoms with E-state index in [0.29, 0.717) is 13.0 Å². The van der Waals surface area contributed by atoms with Crippen LogP contribution in [0.15, 0.2) is 84.9 Å². The van der Waals surface area contributed by atoms with Crippen molar-refractivity contribution in [3.8, 4) is 0 Å².